The summed E-state index contributed by atoms with van der Waals surface area (Å²) in [7, 11) is 0. The first-order valence-electron chi connectivity index (χ1n) is 7.18. The number of nitrogens with zero attached hydrogens (tertiary/aromatic N) is 1. The van der Waals surface area contributed by atoms with Gasteiger partial charge in [0, 0.05) is 31.6 Å². The van der Waals surface area contributed by atoms with Gasteiger partial charge < -0.3 is 5.32 Å². The summed E-state index contributed by atoms with van der Waals surface area (Å²) < 4.78 is 0. The van der Waals surface area contributed by atoms with Gasteiger partial charge in [0.05, 0.1) is 6.04 Å². The first-order valence-corrected chi connectivity index (χ1v) is 7.18. The van der Waals surface area contributed by atoms with E-state index in [4.69, 9.17) is 0 Å². The number of amides is 1. The zero-order valence-electron chi connectivity index (χ0n) is 12.1. The van der Waals surface area contributed by atoms with Crippen LogP contribution in [0.2, 0.25) is 0 Å². The Kier molecular flexibility index (Phi) is 4.90. The van der Waals surface area contributed by atoms with Crippen LogP contribution < -0.4 is 5.32 Å². The summed E-state index contributed by atoms with van der Waals surface area (Å²) in [6.07, 6.45) is 1.82. The number of likely N-dealkylation sites (tertiary alicyclic amines) is 1. The average Bonchev–Trinajstić information content (AvgIpc) is 2.47. The molecule has 1 saturated heterocycles. The fraction of sp³-hybridized carbons (Fsp3) is 0.500. The maximum absolute atomic E-state index is 12.4. The van der Waals surface area contributed by atoms with Gasteiger partial charge in [-0.15, -0.1) is 0 Å². The summed E-state index contributed by atoms with van der Waals surface area (Å²) in [6.45, 7) is 5.22. The van der Waals surface area contributed by atoms with Crippen molar-refractivity contribution < 1.29 is 9.59 Å². The number of benzene rings is 1. The Morgan fingerprint density at radius 1 is 1.20 bits per heavy atom. The monoisotopic (exact) mass is 274 g/mol. The maximum atomic E-state index is 12.4. The molecule has 0 spiro atoms. The third-order valence-corrected chi connectivity index (χ3v) is 3.92. The number of hydrogen-bond donors (Lipinski definition) is 1. The van der Waals surface area contributed by atoms with E-state index in [0.717, 1.165) is 31.5 Å². The second-order valence-corrected chi connectivity index (χ2v) is 5.42. The lowest BCUT2D eigenvalue weighted by atomic mass is 9.99. The zero-order valence-corrected chi connectivity index (χ0v) is 12.1. The predicted molar refractivity (Wildman–Crippen MR) is 78.6 cm³/mol. The third-order valence-electron chi connectivity index (χ3n) is 3.92. The predicted octanol–water partition coefficient (Wildman–Crippen LogP) is 1.86. The van der Waals surface area contributed by atoms with Gasteiger partial charge >= 0.3 is 0 Å². The van der Waals surface area contributed by atoms with Gasteiger partial charge in [0.2, 0.25) is 5.91 Å². The number of nitrogens with one attached hydrogen (secondary N) is 1. The second-order valence-electron chi connectivity index (χ2n) is 5.42. The molecule has 2 rings (SSSR count). The van der Waals surface area contributed by atoms with E-state index in [1.54, 1.807) is 6.92 Å². The van der Waals surface area contributed by atoms with Crippen molar-refractivity contribution in [3.8, 4) is 0 Å². The van der Waals surface area contributed by atoms with Crippen LogP contribution in [0.4, 0.5) is 0 Å². The molecule has 4 heteroatoms. The smallest absolute Gasteiger partial charge is 0.217 e. The third kappa shape index (κ3) is 3.67. The molecule has 1 unspecified atom stereocenters. The van der Waals surface area contributed by atoms with Crippen LogP contribution >= 0.6 is 0 Å². The molecule has 20 heavy (non-hydrogen) atoms. The van der Waals surface area contributed by atoms with Crippen molar-refractivity contribution >= 4 is 11.7 Å². The lowest BCUT2D eigenvalue weighted by Gasteiger charge is -2.35. The highest BCUT2D eigenvalue weighted by molar-refractivity contribution is 5.99. The van der Waals surface area contributed by atoms with Gasteiger partial charge in [0.1, 0.15) is 0 Å². The van der Waals surface area contributed by atoms with E-state index in [1.165, 1.54) is 0 Å². The highest BCUT2D eigenvalue weighted by Gasteiger charge is 2.27. The SMILES string of the molecule is CC(=O)NC1CCN(C(C)C(=O)c2ccccc2)CC1. The van der Waals surface area contributed by atoms with E-state index in [-0.39, 0.29) is 23.8 Å². The minimum Gasteiger partial charge on any atom is -0.354 e. The normalized spacial score (nSPS) is 18.5. The van der Waals surface area contributed by atoms with Gasteiger partial charge in [0.25, 0.3) is 0 Å². The number of rotatable bonds is 4. The van der Waals surface area contributed by atoms with E-state index in [0.29, 0.717) is 0 Å². The Hall–Kier alpha value is -1.68. The molecule has 0 aromatic heterocycles. The number of carbonyl (C=O) groups excluding carboxylic acids is 2. The van der Waals surface area contributed by atoms with Gasteiger partial charge in [-0.05, 0) is 19.8 Å². The van der Waals surface area contributed by atoms with Gasteiger partial charge in [-0.1, -0.05) is 30.3 Å². The van der Waals surface area contributed by atoms with E-state index in [2.05, 4.69) is 10.2 Å². The van der Waals surface area contributed by atoms with E-state index in [9.17, 15) is 9.59 Å². The van der Waals surface area contributed by atoms with Crippen molar-refractivity contribution in [1.82, 2.24) is 10.2 Å². The molecule has 1 aliphatic heterocycles. The summed E-state index contributed by atoms with van der Waals surface area (Å²) >= 11 is 0. The summed E-state index contributed by atoms with van der Waals surface area (Å²) in [5.74, 6) is 0.195. The minimum atomic E-state index is -0.101. The van der Waals surface area contributed by atoms with Crippen molar-refractivity contribution in [3.63, 3.8) is 0 Å². The molecule has 0 aliphatic carbocycles. The molecule has 1 heterocycles. The standard InChI is InChI=1S/C16H22N2O2/c1-12(16(20)14-6-4-3-5-7-14)18-10-8-15(9-11-18)17-13(2)19/h3-7,12,15H,8-11H2,1-2H3,(H,17,19). The molecule has 1 aromatic rings. The molecule has 108 valence electrons. The zero-order chi connectivity index (χ0) is 14.5. The van der Waals surface area contributed by atoms with Crippen molar-refractivity contribution in [1.29, 1.82) is 0 Å². The van der Waals surface area contributed by atoms with Gasteiger partial charge in [0.15, 0.2) is 5.78 Å². The van der Waals surface area contributed by atoms with Crippen LogP contribution in [0.3, 0.4) is 0 Å². The molecule has 1 atom stereocenters. The maximum Gasteiger partial charge on any atom is 0.217 e. The molecule has 1 amide bonds. The lowest BCUT2D eigenvalue weighted by Crippen LogP contribution is -2.49. The fourth-order valence-electron chi connectivity index (χ4n) is 2.73. The van der Waals surface area contributed by atoms with Crippen molar-refractivity contribution in [2.24, 2.45) is 0 Å². The van der Waals surface area contributed by atoms with Crippen molar-refractivity contribution in [2.45, 2.75) is 38.8 Å². The van der Waals surface area contributed by atoms with Crippen LogP contribution in [0, 0.1) is 0 Å². The number of hydrogen-bond acceptors (Lipinski definition) is 3. The molecule has 0 radical (unpaired) electrons. The Morgan fingerprint density at radius 3 is 2.35 bits per heavy atom. The molecule has 4 nitrogen and oxygen atoms in total. The quantitative estimate of drug-likeness (QED) is 0.853. The molecule has 0 saturated carbocycles. The van der Waals surface area contributed by atoms with Crippen LogP contribution in [-0.2, 0) is 4.79 Å². The Morgan fingerprint density at radius 2 is 1.80 bits per heavy atom. The summed E-state index contributed by atoms with van der Waals surface area (Å²) in [5, 5.41) is 2.95. The average molecular weight is 274 g/mol. The van der Waals surface area contributed by atoms with Gasteiger partial charge in [-0.25, -0.2) is 0 Å². The Bertz CT molecular complexity index is 465. The highest BCUT2D eigenvalue weighted by Crippen LogP contribution is 2.16. The largest absolute Gasteiger partial charge is 0.354 e. The van der Waals surface area contributed by atoms with E-state index < -0.39 is 0 Å². The van der Waals surface area contributed by atoms with Gasteiger partial charge in [-0.2, -0.15) is 0 Å². The number of piperidine rings is 1. The highest BCUT2D eigenvalue weighted by atomic mass is 16.1. The first kappa shape index (κ1) is 14.7. The van der Waals surface area contributed by atoms with Crippen LogP contribution in [0.15, 0.2) is 30.3 Å². The van der Waals surface area contributed by atoms with Crippen LogP contribution in [0.5, 0.6) is 0 Å². The number of ketones is 1. The molecule has 1 aromatic carbocycles. The summed E-state index contributed by atoms with van der Waals surface area (Å²) in [4.78, 5) is 25.6. The first-order chi connectivity index (χ1) is 9.58. The van der Waals surface area contributed by atoms with E-state index >= 15 is 0 Å². The van der Waals surface area contributed by atoms with Crippen molar-refractivity contribution in [3.05, 3.63) is 35.9 Å². The van der Waals surface area contributed by atoms with Crippen LogP contribution in [-0.4, -0.2) is 41.8 Å². The van der Waals surface area contributed by atoms with E-state index in [1.807, 2.05) is 37.3 Å². The summed E-state index contributed by atoms with van der Waals surface area (Å²) in [6, 6.07) is 9.58. The topological polar surface area (TPSA) is 49.4 Å². The van der Waals surface area contributed by atoms with Crippen molar-refractivity contribution in [2.75, 3.05) is 13.1 Å². The lowest BCUT2D eigenvalue weighted by molar-refractivity contribution is -0.120. The minimum absolute atomic E-state index is 0.0249. The molecule has 1 N–H and O–H groups in total. The summed E-state index contributed by atoms with van der Waals surface area (Å²) in [5.41, 5.74) is 0.768. The molecule has 1 aliphatic rings. The van der Waals surface area contributed by atoms with Crippen LogP contribution in [0.1, 0.15) is 37.0 Å². The van der Waals surface area contributed by atoms with Gasteiger partial charge in [-0.3, -0.25) is 14.5 Å². The molecule has 1 fully saturated rings. The fourth-order valence-corrected chi connectivity index (χ4v) is 2.73. The molecular weight excluding hydrogens is 252 g/mol. The number of carbonyl (C=O) groups is 2. The molecule has 0 bridgehead atoms. The Labute approximate surface area is 120 Å². The van der Waals surface area contributed by atoms with Crippen LogP contribution in [0.25, 0.3) is 0 Å². The molecular formula is C16H22N2O2. The second kappa shape index (κ2) is 6.66. The Balaban J connectivity index is 1.90. The number of Topliss-reactive ketones (excluding diaryl/α,β-unsaturated/α-hetero) is 1.